The predicted molar refractivity (Wildman–Crippen MR) is 94.3 cm³/mol. The van der Waals surface area contributed by atoms with Gasteiger partial charge in [-0.1, -0.05) is 49.4 Å². The third-order valence-corrected chi connectivity index (χ3v) is 3.57. The summed E-state index contributed by atoms with van der Waals surface area (Å²) in [5, 5.41) is 6.91. The van der Waals surface area contributed by atoms with E-state index in [1.807, 2.05) is 42.5 Å². The zero-order valence-corrected chi connectivity index (χ0v) is 13.6. The molecule has 3 rings (SSSR count). The van der Waals surface area contributed by atoms with Gasteiger partial charge in [0.15, 0.2) is 0 Å². The van der Waals surface area contributed by atoms with Crippen molar-refractivity contribution in [1.82, 2.24) is 10.2 Å². The summed E-state index contributed by atoms with van der Waals surface area (Å²) < 4.78 is 5.01. The van der Waals surface area contributed by atoms with Gasteiger partial charge in [0.05, 0.1) is 19.0 Å². The summed E-state index contributed by atoms with van der Waals surface area (Å²) in [6, 6.07) is 18.2. The Hall–Kier alpha value is -2.59. The molecule has 0 saturated carbocycles. The van der Waals surface area contributed by atoms with E-state index in [1.54, 1.807) is 13.3 Å². The molecular weight excluding hydrogens is 286 g/mol. The van der Waals surface area contributed by atoms with Gasteiger partial charge in [0.25, 0.3) is 0 Å². The van der Waals surface area contributed by atoms with E-state index in [1.165, 1.54) is 5.56 Å². The number of nitrogens with two attached hydrogens (primary N) is 1. The van der Waals surface area contributed by atoms with Crippen LogP contribution in [-0.4, -0.2) is 17.3 Å². The van der Waals surface area contributed by atoms with Crippen LogP contribution in [0, 0.1) is 0 Å². The molecule has 0 unspecified atom stereocenters. The van der Waals surface area contributed by atoms with Gasteiger partial charge >= 0.3 is 0 Å². The smallest absolute Gasteiger partial charge is 0.118 e. The lowest BCUT2D eigenvalue weighted by atomic mass is 10.1. The van der Waals surface area contributed by atoms with Crippen LogP contribution in [-0.2, 0) is 13.0 Å². The number of methoxy groups -OCH3 is 1. The highest BCUT2D eigenvalue weighted by Crippen LogP contribution is 2.19. The minimum Gasteiger partial charge on any atom is -0.497 e. The zero-order chi connectivity index (χ0) is 16.5. The Bertz CT molecular complexity index is 667. The van der Waals surface area contributed by atoms with Crippen molar-refractivity contribution >= 4 is 0 Å². The zero-order valence-electron chi connectivity index (χ0n) is 13.6. The van der Waals surface area contributed by atoms with E-state index in [4.69, 9.17) is 10.5 Å². The summed E-state index contributed by atoms with van der Waals surface area (Å²) >= 11 is 0. The SMILES string of the molecule is CCc1ccc(OC)cc1.NCc1cn[nH]c1-c1ccccc1. The summed E-state index contributed by atoms with van der Waals surface area (Å²) in [4.78, 5) is 0. The first-order chi connectivity index (χ1) is 11.3. The van der Waals surface area contributed by atoms with Crippen LogP contribution >= 0.6 is 0 Å². The van der Waals surface area contributed by atoms with Gasteiger partial charge in [-0.05, 0) is 29.7 Å². The van der Waals surface area contributed by atoms with Gasteiger partial charge in [-0.2, -0.15) is 5.10 Å². The van der Waals surface area contributed by atoms with Gasteiger partial charge in [0.2, 0.25) is 0 Å². The molecule has 0 aliphatic carbocycles. The van der Waals surface area contributed by atoms with Gasteiger partial charge in [-0.15, -0.1) is 0 Å². The third-order valence-electron chi connectivity index (χ3n) is 3.57. The summed E-state index contributed by atoms with van der Waals surface area (Å²) in [6.45, 7) is 2.66. The highest BCUT2D eigenvalue weighted by molar-refractivity contribution is 5.62. The first kappa shape index (κ1) is 16.8. The molecule has 0 bridgehead atoms. The van der Waals surface area contributed by atoms with E-state index in [-0.39, 0.29) is 0 Å². The fraction of sp³-hybridized carbons (Fsp3) is 0.211. The Balaban J connectivity index is 0.000000174. The molecule has 0 fully saturated rings. The number of aromatic amines is 1. The second-order valence-electron chi connectivity index (χ2n) is 5.04. The van der Waals surface area contributed by atoms with Crippen molar-refractivity contribution in [3.63, 3.8) is 0 Å². The quantitative estimate of drug-likeness (QED) is 0.770. The molecule has 4 nitrogen and oxygen atoms in total. The van der Waals surface area contributed by atoms with Crippen LogP contribution in [0.1, 0.15) is 18.1 Å². The summed E-state index contributed by atoms with van der Waals surface area (Å²) in [5.74, 6) is 0.928. The largest absolute Gasteiger partial charge is 0.497 e. The molecule has 1 heterocycles. The fourth-order valence-electron chi connectivity index (χ4n) is 2.18. The van der Waals surface area contributed by atoms with Crippen LogP contribution in [0.5, 0.6) is 5.75 Å². The monoisotopic (exact) mass is 309 g/mol. The minimum absolute atomic E-state index is 0.515. The van der Waals surface area contributed by atoms with Crippen LogP contribution in [0.2, 0.25) is 0 Å². The molecule has 0 aliphatic rings. The number of H-pyrrole nitrogens is 1. The fourth-order valence-corrected chi connectivity index (χ4v) is 2.18. The Kier molecular flexibility index (Phi) is 6.39. The standard InChI is InChI=1S/C10H11N3.C9H12O/c11-6-9-7-12-13-10(9)8-4-2-1-3-5-8;1-3-8-4-6-9(10-2)7-5-8/h1-5,7H,6,11H2,(H,12,13);4-7H,3H2,1-2H3. The minimum atomic E-state index is 0.515. The Morgan fingerprint density at radius 3 is 2.30 bits per heavy atom. The molecule has 4 heteroatoms. The maximum Gasteiger partial charge on any atom is 0.118 e. The number of hydrogen-bond acceptors (Lipinski definition) is 3. The molecule has 1 aromatic heterocycles. The first-order valence-corrected chi connectivity index (χ1v) is 7.69. The average Bonchev–Trinajstić information content (AvgIpc) is 3.12. The van der Waals surface area contributed by atoms with Crippen LogP contribution in [0.15, 0.2) is 60.8 Å². The number of aromatic nitrogens is 2. The lowest BCUT2D eigenvalue weighted by molar-refractivity contribution is 0.414. The predicted octanol–water partition coefficient (Wildman–Crippen LogP) is 3.79. The van der Waals surface area contributed by atoms with Crippen LogP contribution < -0.4 is 10.5 Å². The van der Waals surface area contributed by atoms with Gasteiger partial charge in [-0.3, -0.25) is 5.10 Å². The molecule has 0 radical (unpaired) electrons. The number of ether oxygens (including phenoxy) is 1. The van der Waals surface area contributed by atoms with Crippen molar-refractivity contribution in [2.75, 3.05) is 7.11 Å². The van der Waals surface area contributed by atoms with Crippen molar-refractivity contribution < 1.29 is 4.74 Å². The van der Waals surface area contributed by atoms with Crippen LogP contribution in [0.3, 0.4) is 0 Å². The van der Waals surface area contributed by atoms with E-state index in [0.717, 1.165) is 29.0 Å². The van der Waals surface area contributed by atoms with Crippen molar-refractivity contribution in [3.8, 4) is 17.0 Å². The number of nitrogens with zero attached hydrogens (tertiary/aromatic N) is 1. The molecule has 0 spiro atoms. The van der Waals surface area contributed by atoms with Crippen molar-refractivity contribution in [3.05, 3.63) is 71.9 Å². The normalized spacial score (nSPS) is 9.87. The van der Waals surface area contributed by atoms with Crippen molar-refractivity contribution in [2.45, 2.75) is 19.9 Å². The molecule has 0 atom stereocenters. The Morgan fingerprint density at radius 1 is 1.04 bits per heavy atom. The highest BCUT2D eigenvalue weighted by Gasteiger charge is 2.04. The molecule has 2 aromatic carbocycles. The number of rotatable bonds is 4. The molecule has 3 aromatic rings. The maximum atomic E-state index is 5.57. The number of aryl methyl sites for hydroxylation is 1. The van der Waals surface area contributed by atoms with E-state index in [2.05, 4.69) is 29.3 Å². The van der Waals surface area contributed by atoms with Gasteiger partial charge in [0, 0.05) is 12.1 Å². The maximum absolute atomic E-state index is 5.57. The van der Waals surface area contributed by atoms with Crippen molar-refractivity contribution in [1.29, 1.82) is 0 Å². The highest BCUT2D eigenvalue weighted by atomic mass is 16.5. The average molecular weight is 309 g/mol. The van der Waals surface area contributed by atoms with Gasteiger partial charge in [-0.25, -0.2) is 0 Å². The van der Waals surface area contributed by atoms with Gasteiger partial charge in [0.1, 0.15) is 5.75 Å². The third kappa shape index (κ3) is 4.69. The Labute approximate surface area is 137 Å². The summed E-state index contributed by atoms with van der Waals surface area (Å²) in [6.07, 6.45) is 2.85. The van der Waals surface area contributed by atoms with Crippen LogP contribution in [0.4, 0.5) is 0 Å². The first-order valence-electron chi connectivity index (χ1n) is 7.69. The molecule has 3 N–H and O–H groups in total. The molecule has 0 saturated heterocycles. The Morgan fingerprint density at radius 2 is 1.74 bits per heavy atom. The van der Waals surface area contributed by atoms with E-state index in [0.29, 0.717) is 6.54 Å². The van der Waals surface area contributed by atoms with E-state index >= 15 is 0 Å². The number of nitrogens with one attached hydrogen (secondary N) is 1. The molecule has 0 aliphatic heterocycles. The molecule has 0 amide bonds. The van der Waals surface area contributed by atoms with E-state index < -0.39 is 0 Å². The van der Waals surface area contributed by atoms with Crippen LogP contribution in [0.25, 0.3) is 11.3 Å². The van der Waals surface area contributed by atoms with Crippen molar-refractivity contribution in [2.24, 2.45) is 5.73 Å². The van der Waals surface area contributed by atoms with E-state index in [9.17, 15) is 0 Å². The topological polar surface area (TPSA) is 63.9 Å². The second-order valence-corrected chi connectivity index (χ2v) is 5.04. The summed E-state index contributed by atoms with van der Waals surface area (Å²) in [5.41, 5.74) is 10.1. The lowest BCUT2D eigenvalue weighted by Crippen LogP contribution is -1.96. The number of hydrogen-bond donors (Lipinski definition) is 2. The van der Waals surface area contributed by atoms with Gasteiger partial charge < -0.3 is 10.5 Å². The molecule has 120 valence electrons. The summed E-state index contributed by atoms with van der Waals surface area (Å²) in [7, 11) is 1.68. The molecule has 23 heavy (non-hydrogen) atoms. The second kappa shape index (κ2) is 8.76. The lowest BCUT2D eigenvalue weighted by Gasteiger charge is -1.99. The molecular formula is C19H23N3O. The number of benzene rings is 2.